The summed E-state index contributed by atoms with van der Waals surface area (Å²) in [5.41, 5.74) is 4.36. The average Bonchev–Trinajstić information content (AvgIpc) is 2.96. The fourth-order valence-electron chi connectivity index (χ4n) is 4.83. The number of benzene rings is 3. The van der Waals surface area contributed by atoms with Crippen LogP contribution >= 0.6 is 0 Å². The lowest BCUT2D eigenvalue weighted by atomic mass is 9.88. The van der Waals surface area contributed by atoms with Gasteiger partial charge in [0.15, 0.2) is 20.4 Å². The highest BCUT2D eigenvalue weighted by molar-refractivity contribution is 7.93. The number of Topliss-reactive ketones (excluding diaryl/α,β-unsaturated/α-hetero) is 1. The van der Waals surface area contributed by atoms with E-state index in [-0.39, 0.29) is 23.5 Å². The monoisotopic (exact) mass is 521 g/mol. The maximum Gasteiger partial charge on any atom is 0.265 e. The number of hydrogen-bond donors (Lipinski definition) is 2. The van der Waals surface area contributed by atoms with Gasteiger partial charge in [-0.1, -0.05) is 73.9 Å². The number of carbonyl (C=O) groups is 2. The first-order chi connectivity index (χ1) is 17.9. The fourth-order valence-corrected chi connectivity index (χ4v) is 6.89. The smallest absolute Gasteiger partial charge is 0.265 e. The van der Waals surface area contributed by atoms with Crippen molar-refractivity contribution in [3.63, 3.8) is 0 Å². The van der Waals surface area contributed by atoms with Crippen LogP contribution in [0.1, 0.15) is 55.3 Å². The van der Waals surface area contributed by atoms with Gasteiger partial charge in [-0.2, -0.15) is 0 Å². The van der Waals surface area contributed by atoms with E-state index < -0.39 is 20.5 Å². The molecule has 1 amide bonds. The molecule has 0 bridgehead atoms. The summed E-state index contributed by atoms with van der Waals surface area (Å²) in [6, 6.07) is 23.4. The van der Waals surface area contributed by atoms with Gasteiger partial charge < -0.3 is 4.74 Å². The number of hydroxylamine groups is 1. The van der Waals surface area contributed by atoms with E-state index in [4.69, 9.17) is 4.74 Å². The van der Waals surface area contributed by atoms with Crippen molar-refractivity contribution in [3.05, 3.63) is 84.4 Å². The lowest BCUT2D eigenvalue weighted by molar-refractivity contribution is -0.132. The van der Waals surface area contributed by atoms with E-state index in [1.807, 2.05) is 54.6 Å². The summed E-state index contributed by atoms with van der Waals surface area (Å²) in [5.74, 6) is -0.376. The standard InChI is InChI=1S/C29H31NO6S/c31-27(24-13-11-23(12-14-24)22-8-3-1-4-9-22)10-7-21-36-25-15-17-26(18-16-25)37(34,35)29(28(32)30-33)19-5-2-6-20-29/h1,3-4,8-9,11-18,33H,2,5-7,10,19-21H2,(H,30,32). The summed E-state index contributed by atoms with van der Waals surface area (Å²) in [6.45, 7) is 0.302. The Balaban J connectivity index is 1.31. The number of rotatable bonds is 10. The summed E-state index contributed by atoms with van der Waals surface area (Å²) >= 11 is 0. The van der Waals surface area contributed by atoms with E-state index in [0.717, 1.165) is 17.5 Å². The van der Waals surface area contributed by atoms with Crippen LogP contribution in [-0.2, 0) is 14.6 Å². The van der Waals surface area contributed by atoms with Crippen LogP contribution in [0.4, 0.5) is 0 Å². The van der Waals surface area contributed by atoms with Crippen molar-refractivity contribution in [2.75, 3.05) is 6.61 Å². The number of carbonyl (C=O) groups excluding carboxylic acids is 2. The molecule has 8 heteroatoms. The van der Waals surface area contributed by atoms with Gasteiger partial charge in [-0.3, -0.25) is 14.8 Å². The van der Waals surface area contributed by atoms with Gasteiger partial charge in [0, 0.05) is 12.0 Å². The molecule has 0 unspecified atom stereocenters. The van der Waals surface area contributed by atoms with Gasteiger partial charge in [0.05, 0.1) is 11.5 Å². The second-order valence-electron chi connectivity index (χ2n) is 9.29. The molecular formula is C29H31NO6S. The summed E-state index contributed by atoms with van der Waals surface area (Å²) in [5, 5.41) is 9.19. The Bertz CT molecular complexity index is 1310. The zero-order valence-electron chi connectivity index (χ0n) is 20.6. The van der Waals surface area contributed by atoms with Crippen molar-refractivity contribution < 1.29 is 28.0 Å². The van der Waals surface area contributed by atoms with Gasteiger partial charge in [0.1, 0.15) is 5.75 Å². The minimum absolute atomic E-state index is 0.0134. The normalized spacial score (nSPS) is 15.1. The van der Waals surface area contributed by atoms with Gasteiger partial charge in [0.2, 0.25) is 0 Å². The predicted molar refractivity (Wildman–Crippen MR) is 140 cm³/mol. The van der Waals surface area contributed by atoms with Crippen molar-refractivity contribution in [3.8, 4) is 16.9 Å². The molecule has 2 N–H and O–H groups in total. The van der Waals surface area contributed by atoms with E-state index in [2.05, 4.69) is 0 Å². The molecule has 0 heterocycles. The zero-order chi connectivity index (χ0) is 26.3. The Labute approximate surface area is 217 Å². The predicted octanol–water partition coefficient (Wildman–Crippen LogP) is 5.38. The molecule has 3 aromatic rings. The maximum atomic E-state index is 13.3. The molecule has 3 aromatic carbocycles. The highest BCUT2D eigenvalue weighted by Crippen LogP contribution is 2.39. The van der Waals surface area contributed by atoms with Crippen molar-refractivity contribution in [1.82, 2.24) is 5.48 Å². The van der Waals surface area contributed by atoms with Crippen molar-refractivity contribution in [2.24, 2.45) is 0 Å². The van der Waals surface area contributed by atoms with Crippen LogP contribution in [0.5, 0.6) is 5.75 Å². The topological polar surface area (TPSA) is 110 Å². The fraction of sp³-hybridized carbons (Fsp3) is 0.310. The largest absolute Gasteiger partial charge is 0.494 e. The molecule has 4 rings (SSSR count). The molecule has 37 heavy (non-hydrogen) atoms. The molecular weight excluding hydrogens is 490 g/mol. The van der Waals surface area contributed by atoms with Gasteiger partial charge in [-0.15, -0.1) is 0 Å². The van der Waals surface area contributed by atoms with E-state index in [1.165, 1.54) is 12.1 Å². The Morgan fingerprint density at radius 2 is 1.46 bits per heavy atom. The third kappa shape index (κ3) is 5.76. The van der Waals surface area contributed by atoms with Crippen LogP contribution in [0.2, 0.25) is 0 Å². The minimum atomic E-state index is -4.01. The molecule has 0 aliphatic heterocycles. The molecule has 7 nitrogen and oxygen atoms in total. The van der Waals surface area contributed by atoms with E-state index in [9.17, 15) is 23.2 Å². The molecule has 0 saturated heterocycles. The quantitative estimate of drug-likeness (QED) is 0.160. The van der Waals surface area contributed by atoms with Crippen LogP contribution < -0.4 is 10.2 Å². The average molecular weight is 522 g/mol. The molecule has 0 spiro atoms. The SMILES string of the molecule is O=C(CCCOc1ccc(S(=O)(=O)C2(C(=O)NO)CCCCC2)cc1)c1ccc(-c2ccccc2)cc1. The number of nitrogens with one attached hydrogen (secondary N) is 1. The highest BCUT2D eigenvalue weighted by Gasteiger charge is 2.51. The number of hydrogen-bond acceptors (Lipinski definition) is 6. The Hall–Kier alpha value is -3.49. The Kier molecular flexibility index (Phi) is 8.41. The molecule has 1 aliphatic rings. The highest BCUT2D eigenvalue weighted by atomic mass is 32.2. The van der Waals surface area contributed by atoms with Gasteiger partial charge in [-0.25, -0.2) is 13.9 Å². The van der Waals surface area contributed by atoms with Gasteiger partial charge in [0.25, 0.3) is 5.91 Å². The molecule has 1 saturated carbocycles. The number of amides is 1. The first-order valence-electron chi connectivity index (χ1n) is 12.5. The summed E-state index contributed by atoms with van der Waals surface area (Å²) < 4.78 is 30.7. The Morgan fingerprint density at radius 3 is 2.08 bits per heavy atom. The van der Waals surface area contributed by atoms with Crippen molar-refractivity contribution >= 4 is 21.5 Å². The number of sulfone groups is 1. The molecule has 194 valence electrons. The van der Waals surface area contributed by atoms with Crippen molar-refractivity contribution in [2.45, 2.75) is 54.6 Å². The molecule has 0 atom stereocenters. The van der Waals surface area contributed by atoms with Gasteiger partial charge >= 0.3 is 0 Å². The third-order valence-corrected chi connectivity index (χ3v) is 9.47. The minimum Gasteiger partial charge on any atom is -0.494 e. The van der Waals surface area contributed by atoms with Crippen LogP contribution in [-0.4, -0.2) is 36.7 Å². The van der Waals surface area contributed by atoms with E-state index in [1.54, 1.807) is 17.6 Å². The summed E-state index contributed by atoms with van der Waals surface area (Å²) in [6.07, 6.45) is 3.23. The second-order valence-corrected chi connectivity index (χ2v) is 11.5. The zero-order valence-corrected chi connectivity index (χ0v) is 21.4. The number of ether oxygens (including phenoxy) is 1. The van der Waals surface area contributed by atoms with Crippen LogP contribution in [0.3, 0.4) is 0 Å². The first-order valence-corrected chi connectivity index (χ1v) is 14.0. The summed E-state index contributed by atoms with van der Waals surface area (Å²) in [7, 11) is -4.01. The van der Waals surface area contributed by atoms with Gasteiger partial charge in [-0.05, 0) is 54.7 Å². The van der Waals surface area contributed by atoms with Crippen LogP contribution in [0.25, 0.3) is 11.1 Å². The lowest BCUT2D eigenvalue weighted by Gasteiger charge is -2.34. The maximum absolute atomic E-state index is 13.3. The van der Waals surface area contributed by atoms with Crippen LogP contribution in [0.15, 0.2) is 83.8 Å². The van der Waals surface area contributed by atoms with Crippen molar-refractivity contribution in [1.29, 1.82) is 0 Å². The lowest BCUT2D eigenvalue weighted by Crippen LogP contribution is -2.52. The molecule has 1 fully saturated rings. The molecule has 0 radical (unpaired) electrons. The number of ketones is 1. The molecule has 0 aromatic heterocycles. The Morgan fingerprint density at radius 1 is 0.838 bits per heavy atom. The third-order valence-electron chi connectivity index (χ3n) is 6.96. The summed E-state index contributed by atoms with van der Waals surface area (Å²) in [4.78, 5) is 25.0. The van der Waals surface area contributed by atoms with Crippen LogP contribution in [0, 0.1) is 0 Å². The van der Waals surface area contributed by atoms with E-state index in [0.29, 0.717) is 43.6 Å². The molecule has 1 aliphatic carbocycles. The first kappa shape index (κ1) is 26.6. The second kappa shape index (κ2) is 11.7. The van der Waals surface area contributed by atoms with E-state index >= 15 is 0 Å².